The first-order valence-corrected chi connectivity index (χ1v) is 10.2. The number of rotatable bonds is 4. The molecule has 5 aromatic heterocycles. The molecule has 0 spiro atoms. The van der Waals surface area contributed by atoms with Crippen molar-refractivity contribution in [2.75, 3.05) is 0 Å². The average molecular weight is 413 g/mol. The van der Waals surface area contributed by atoms with Crippen molar-refractivity contribution in [1.82, 2.24) is 24.9 Å². The number of pyridine rings is 4. The summed E-state index contributed by atoms with van der Waals surface area (Å²) in [6, 6.07) is 15.8. The van der Waals surface area contributed by atoms with E-state index in [4.69, 9.17) is 0 Å². The number of nitrogens with zero attached hydrogens (tertiary/aromatic N) is 4. The van der Waals surface area contributed by atoms with Crippen LogP contribution in [0.25, 0.3) is 22.4 Å². The van der Waals surface area contributed by atoms with E-state index < -0.39 is 0 Å². The largest absolute Gasteiger partial charge is 0.356 e. The Bertz CT molecular complexity index is 1370. The molecule has 0 fully saturated rings. The molecule has 0 aliphatic heterocycles. The van der Waals surface area contributed by atoms with Gasteiger partial charge in [0.05, 0.1) is 11.3 Å². The summed E-state index contributed by atoms with van der Waals surface area (Å²) in [5.74, 6) is 6.68. The molecule has 5 aromatic rings. The minimum atomic E-state index is 0.694. The van der Waals surface area contributed by atoms with Gasteiger partial charge in [0, 0.05) is 83.9 Å². The summed E-state index contributed by atoms with van der Waals surface area (Å²) in [5, 5.41) is 0. The molecule has 0 saturated heterocycles. The van der Waals surface area contributed by atoms with Gasteiger partial charge in [-0.2, -0.15) is 0 Å². The number of nitrogens with one attached hydrogen (secondary N) is 1. The predicted octanol–water partition coefficient (Wildman–Crippen LogP) is 4.92. The van der Waals surface area contributed by atoms with Crippen LogP contribution < -0.4 is 0 Å². The molecule has 0 aliphatic rings. The maximum absolute atomic E-state index is 4.35. The Morgan fingerprint density at radius 1 is 0.656 bits per heavy atom. The summed E-state index contributed by atoms with van der Waals surface area (Å²) in [4.78, 5) is 20.8. The van der Waals surface area contributed by atoms with Gasteiger partial charge in [-0.15, -0.1) is 0 Å². The second-order valence-electron chi connectivity index (χ2n) is 7.24. The van der Waals surface area contributed by atoms with Crippen LogP contribution in [0.4, 0.5) is 0 Å². The van der Waals surface area contributed by atoms with Gasteiger partial charge in [0.15, 0.2) is 0 Å². The molecule has 0 radical (unpaired) electrons. The van der Waals surface area contributed by atoms with Crippen LogP contribution in [0.5, 0.6) is 0 Å². The van der Waals surface area contributed by atoms with Gasteiger partial charge in [0.25, 0.3) is 0 Å². The van der Waals surface area contributed by atoms with Crippen molar-refractivity contribution in [3.63, 3.8) is 0 Å². The summed E-state index contributed by atoms with van der Waals surface area (Å²) in [6.45, 7) is 0. The highest BCUT2D eigenvalue weighted by Crippen LogP contribution is 2.35. The number of hydrogen-bond acceptors (Lipinski definition) is 4. The highest BCUT2D eigenvalue weighted by atomic mass is 14.8. The highest BCUT2D eigenvalue weighted by molar-refractivity contribution is 5.83. The fourth-order valence-electron chi connectivity index (χ4n) is 3.64. The first-order valence-electron chi connectivity index (χ1n) is 10.2. The molecule has 5 nitrogen and oxygen atoms in total. The zero-order chi connectivity index (χ0) is 21.6. The molecule has 0 aliphatic carbocycles. The van der Waals surface area contributed by atoms with Crippen LogP contribution in [0.1, 0.15) is 22.4 Å². The zero-order valence-corrected chi connectivity index (χ0v) is 17.2. The van der Waals surface area contributed by atoms with Gasteiger partial charge in [-0.25, -0.2) is 0 Å². The quantitative estimate of drug-likeness (QED) is 0.425. The lowest BCUT2D eigenvalue weighted by molar-refractivity contribution is 1.09. The first-order chi connectivity index (χ1) is 15.9. The standard InChI is InChI=1S/C27H19N5/c1-5-20(16-28-11-1)9-10-24-26(22-7-3-13-30-18-22)25(15-21-6-2-12-29-17-21)32-27(24)23-8-4-14-31-19-23/h1-8,11-14,16-19,32H,15H2. The van der Waals surface area contributed by atoms with Crippen LogP contribution >= 0.6 is 0 Å². The van der Waals surface area contributed by atoms with Gasteiger partial charge in [-0.05, 0) is 42.0 Å². The third-order valence-corrected chi connectivity index (χ3v) is 5.08. The normalized spacial score (nSPS) is 10.4. The fraction of sp³-hybridized carbons (Fsp3) is 0.0370. The molecule has 152 valence electrons. The molecule has 32 heavy (non-hydrogen) atoms. The van der Waals surface area contributed by atoms with E-state index in [9.17, 15) is 0 Å². The lowest BCUT2D eigenvalue weighted by Crippen LogP contribution is -1.93. The lowest BCUT2D eigenvalue weighted by Gasteiger charge is -2.05. The predicted molar refractivity (Wildman–Crippen MR) is 125 cm³/mol. The van der Waals surface area contributed by atoms with Crippen LogP contribution in [0.3, 0.4) is 0 Å². The SMILES string of the molecule is C(#Cc1c(-c2cccnc2)[nH]c(Cc2cccnc2)c1-c1cccnc1)c1cccnc1. The van der Waals surface area contributed by atoms with Crippen LogP contribution in [0.15, 0.2) is 98.1 Å². The summed E-state index contributed by atoms with van der Waals surface area (Å²) in [7, 11) is 0. The molecule has 5 heteroatoms. The average Bonchev–Trinajstić information content (AvgIpc) is 3.23. The molecule has 0 aromatic carbocycles. The van der Waals surface area contributed by atoms with Crippen molar-refractivity contribution in [2.24, 2.45) is 0 Å². The molecule has 5 heterocycles. The highest BCUT2D eigenvalue weighted by Gasteiger charge is 2.19. The molecule has 0 atom stereocenters. The summed E-state index contributed by atoms with van der Waals surface area (Å²) < 4.78 is 0. The smallest absolute Gasteiger partial charge is 0.0637 e. The van der Waals surface area contributed by atoms with Crippen molar-refractivity contribution in [2.45, 2.75) is 6.42 Å². The first kappa shape index (κ1) is 19.4. The van der Waals surface area contributed by atoms with Gasteiger partial charge in [-0.1, -0.05) is 24.0 Å². The van der Waals surface area contributed by atoms with E-state index in [1.807, 2.05) is 55.0 Å². The van der Waals surface area contributed by atoms with Crippen molar-refractivity contribution >= 4 is 0 Å². The Labute approximate surface area is 186 Å². The molecule has 1 N–H and O–H groups in total. The van der Waals surface area contributed by atoms with Crippen LogP contribution in [-0.2, 0) is 6.42 Å². The Kier molecular flexibility index (Phi) is 5.50. The summed E-state index contributed by atoms with van der Waals surface area (Å²) in [6.07, 6.45) is 15.1. The Morgan fingerprint density at radius 3 is 1.94 bits per heavy atom. The van der Waals surface area contributed by atoms with E-state index >= 15 is 0 Å². The van der Waals surface area contributed by atoms with Crippen LogP contribution in [0, 0.1) is 11.8 Å². The molecule has 0 bridgehead atoms. The van der Waals surface area contributed by atoms with E-state index in [-0.39, 0.29) is 0 Å². The molecule has 0 unspecified atom stereocenters. The van der Waals surface area contributed by atoms with Crippen molar-refractivity contribution in [1.29, 1.82) is 0 Å². The second kappa shape index (κ2) is 9.07. The van der Waals surface area contributed by atoms with Crippen molar-refractivity contribution in [3.05, 3.63) is 120 Å². The molecule has 5 rings (SSSR count). The van der Waals surface area contributed by atoms with Crippen molar-refractivity contribution < 1.29 is 0 Å². The van der Waals surface area contributed by atoms with Gasteiger partial charge in [0.2, 0.25) is 0 Å². The third-order valence-electron chi connectivity index (χ3n) is 5.08. The third kappa shape index (κ3) is 4.16. The van der Waals surface area contributed by atoms with E-state index in [0.29, 0.717) is 6.42 Å². The van der Waals surface area contributed by atoms with Gasteiger partial charge in [0.1, 0.15) is 0 Å². The van der Waals surface area contributed by atoms with Crippen LogP contribution in [0.2, 0.25) is 0 Å². The van der Waals surface area contributed by atoms with E-state index in [2.05, 4.69) is 48.9 Å². The number of hydrogen-bond donors (Lipinski definition) is 1. The molecular weight excluding hydrogens is 394 g/mol. The topological polar surface area (TPSA) is 67.3 Å². The van der Waals surface area contributed by atoms with E-state index in [0.717, 1.165) is 44.8 Å². The summed E-state index contributed by atoms with van der Waals surface area (Å²) in [5.41, 5.74) is 7.90. The number of aromatic nitrogens is 5. The second-order valence-corrected chi connectivity index (χ2v) is 7.24. The lowest BCUT2D eigenvalue weighted by atomic mass is 9.97. The summed E-state index contributed by atoms with van der Waals surface area (Å²) >= 11 is 0. The van der Waals surface area contributed by atoms with Crippen molar-refractivity contribution in [3.8, 4) is 34.2 Å². The number of aromatic amines is 1. The van der Waals surface area contributed by atoms with Gasteiger partial charge >= 0.3 is 0 Å². The molecular formula is C27H19N5. The van der Waals surface area contributed by atoms with Crippen LogP contribution in [-0.4, -0.2) is 24.9 Å². The number of H-pyrrole nitrogens is 1. The zero-order valence-electron chi connectivity index (χ0n) is 17.2. The molecule has 0 saturated carbocycles. The maximum atomic E-state index is 4.35. The minimum Gasteiger partial charge on any atom is -0.356 e. The Balaban J connectivity index is 1.74. The van der Waals surface area contributed by atoms with Gasteiger partial charge < -0.3 is 4.98 Å². The van der Waals surface area contributed by atoms with E-state index in [1.165, 1.54) is 0 Å². The van der Waals surface area contributed by atoms with Gasteiger partial charge in [-0.3, -0.25) is 19.9 Å². The monoisotopic (exact) mass is 413 g/mol. The Hall–Kier alpha value is -4.56. The molecule has 0 amide bonds. The minimum absolute atomic E-state index is 0.694. The fourth-order valence-corrected chi connectivity index (χ4v) is 3.64. The maximum Gasteiger partial charge on any atom is 0.0637 e. The Morgan fingerprint density at radius 2 is 1.31 bits per heavy atom. The van der Waals surface area contributed by atoms with E-state index in [1.54, 1.807) is 31.0 Å².